The molecule has 0 aliphatic carbocycles. The van der Waals surface area contributed by atoms with Crippen LogP contribution in [0.3, 0.4) is 0 Å². The predicted molar refractivity (Wildman–Crippen MR) is 272 cm³/mol. The highest BCUT2D eigenvalue weighted by atomic mass is 16.3. The fraction of sp³-hybridized carbons (Fsp3) is 0. The van der Waals surface area contributed by atoms with Gasteiger partial charge in [0.25, 0.3) is 0 Å². The first-order valence-corrected chi connectivity index (χ1v) is 22.2. The van der Waals surface area contributed by atoms with Gasteiger partial charge in [0.1, 0.15) is 22.3 Å². The van der Waals surface area contributed by atoms with Crippen LogP contribution >= 0.6 is 0 Å². The van der Waals surface area contributed by atoms with Gasteiger partial charge in [-0.2, -0.15) is 0 Å². The lowest BCUT2D eigenvalue weighted by Gasteiger charge is -2.32. The standard InChI is InChI=1S/C62H39NO2/c1-2-17-40(18-3-1)41-35-37-42(38-36-41)59-51-26-6-4-21-46(51)47-22-5-7-27-52(47)60(59)63(44-20-14-19-43(39-44)45-28-15-30-54-49-24-9-12-33-57(49)64-61(45)54)56-32-11-8-23-48(56)53-29-16-31-55-50-25-10-13-34-58(50)65-62(53)55/h1-39H. The van der Waals surface area contributed by atoms with Gasteiger partial charge in [-0.3, -0.25) is 0 Å². The highest BCUT2D eigenvalue weighted by Gasteiger charge is 2.27. The summed E-state index contributed by atoms with van der Waals surface area (Å²) in [5.41, 5.74) is 15.5. The molecule has 0 aliphatic heterocycles. The van der Waals surface area contributed by atoms with Crippen LogP contribution in [-0.2, 0) is 0 Å². The quantitative estimate of drug-likeness (QED) is 0.150. The topological polar surface area (TPSA) is 29.5 Å². The van der Waals surface area contributed by atoms with Gasteiger partial charge >= 0.3 is 0 Å². The maximum atomic E-state index is 6.77. The maximum absolute atomic E-state index is 6.77. The van der Waals surface area contributed by atoms with Crippen LogP contribution in [0, 0.1) is 0 Å². The molecular weight excluding hydrogens is 791 g/mol. The number of fused-ring (bicyclic) bond motifs is 9. The van der Waals surface area contributed by atoms with E-state index in [0.717, 1.165) is 99.7 Å². The summed E-state index contributed by atoms with van der Waals surface area (Å²) in [6.07, 6.45) is 0. The molecule has 0 saturated carbocycles. The average Bonchev–Trinajstić information content (AvgIpc) is 3.96. The molecular formula is C62H39NO2. The van der Waals surface area contributed by atoms with Crippen molar-refractivity contribution < 1.29 is 8.83 Å². The Kier molecular flexibility index (Phi) is 8.53. The molecule has 0 radical (unpaired) electrons. The summed E-state index contributed by atoms with van der Waals surface area (Å²) in [5, 5.41) is 9.14. The molecule has 0 aliphatic rings. The van der Waals surface area contributed by atoms with Gasteiger partial charge in [0.2, 0.25) is 0 Å². The molecule has 2 aromatic heterocycles. The Labute approximate surface area is 375 Å². The molecule has 3 heteroatoms. The third kappa shape index (κ3) is 5.97. The molecule has 13 aromatic rings. The van der Waals surface area contributed by atoms with Crippen molar-refractivity contribution in [2.45, 2.75) is 0 Å². The Balaban J connectivity index is 1.13. The van der Waals surface area contributed by atoms with Gasteiger partial charge in [-0.25, -0.2) is 0 Å². The van der Waals surface area contributed by atoms with E-state index in [0.29, 0.717) is 0 Å². The minimum Gasteiger partial charge on any atom is -0.455 e. The molecule has 2 heterocycles. The monoisotopic (exact) mass is 829 g/mol. The first-order valence-electron chi connectivity index (χ1n) is 22.2. The Morgan fingerprint density at radius 2 is 0.738 bits per heavy atom. The molecule has 0 unspecified atom stereocenters. The van der Waals surface area contributed by atoms with E-state index in [1.165, 1.54) is 27.3 Å². The summed E-state index contributed by atoms with van der Waals surface area (Å²) in [6, 6.07) is 84.8. The van der Waals surface area contributed by atoms with Crippen LogP contribution in [0.1, 0.15) is 0 Å². The van der Waals surface area contributed by atoms with E-state index in [-0.39, 0.29) is 0 Å². The fourth-order valence-corrected chi connectivity index (χ4v) is 10.1. The Morgan fingerprint density at radius 3 is 1.45 bits per heavy atom. The van der Waals surface area contributed by atoms with Crippen molar-refractivity contribution in [1.82, 2.24) is 0 Å². The van der Waals surface area contributed by atoms with Crippen LogP contribution in [0.25, 0.3) is 110 Å². The Bertz CT molecular complexity index is 3950. The number of hydrogen-bond acceptors (Lipinski definition) is 3. The third-order valence-electron chi connectivity index (χ3n) is 13.1. The average molecular weight is 830 g/mol. The van der Waals surface area contributed by atoms with E-state index in [1.54, 1.807) is 0 Å². The van der Waals surface area contributed by atoms with Crippen molar-refractivity contribution in [2.75, 3.05) is 4.90 Å². The van der Waals surface area contributed by atoms with Gasteiger partial charge in [0.15, 0.2) is 0 Å². The van der Waals surface area contributed by atoms with E-state index in [2.05, 4.69) is 229 Å². The lowest BCUT2D eigenvalue weighted by atomic mass is 9.88. The van der Waals surface area contributed by atoms with Crippen LogP contribution < -0.4 is 4.90 Å². The molecule has 304 valence electrons. The molecule has 0 N–H and O–H groups in total. The second kappa shape index (κ2) is 15.0. The fourth-order valence-electron chi connectivity index (χ4n) is 10.1. The van der Waals surface area contributed by atoms with Crippen LogP contribution in [0.15, 0.2) is 245 Å². The number of furan rings is 2. The first-order chi connectivity index (χ1) is 32.3. The van der Waals surface area contributed by atoms with E-state index >= 15 is 0 Å². The Hall–Kier alpha value is -8.66. The van der Waals surface area contributed by atoms with Crippen LogP contribution in [-0.4, -0.2) is 0 Å². The van der Waals surface area contributed by atoms with Crippen molar-refractivity contribution in [2.24, 2.45) is 0 Å². The number of benzene rings is 11. The highest BCUT2D eigenvalue weighted by molar-refractivity contribution is 6.23. The largest absolute Gasteiger partial charge is 0.455 e. The van der Waals surface area contributed by atoms with Crippen molar-refractivity contribution >= 4 is 82.5 Å². The van der Waals surface area contributed by atoms with Crippen molar-refractivity contribution in [3.05, 3.63) is 237 Å². The Morgan fingerprint density at radius 1 is 0.277 bits per heavy atom. The molecule has 0 spiro atoms. The number of nitrogens with zero attached hydrogens (tertiary/aromatic N) is 1. The molecule has 0 atom stereocenters. The predicted octanol–water partition coefficient (Wildman–Crippen LogP) is 17.9. The molecule has 0 bridgehead atoms. The molecule has 3 nitrogen and oxygen atoms in total. The van der Waals surface area contributed by atoms with Crippen LogP contribution in [0.5, 0.6) is 0 Å². The number of anilines is 3. The summed E-state index contributed by atoms with van der Waals surface area (Å²) >= 11 is 0. The SMILES string of the molecule is c1ccc(-c2ccc(-c3c(N(c4cccc(-c5cccc6c5oc5ccccc56)c4)c4ccccc4-c4cccc5c4oc4ccccc45)c4ccccc4c4ccccc34)cc2)cc1. The minimum absolute atomic E-state index is 0.867. The van der Waals surface area contributed by atoms with Gasteiger partial charge in [-0.05, 0) is 68.7 Å². The van der Waals surface area contributed by atoms with Gasteiger partial charge in [-0.15, -0.1) is 0 Å². The lowest BCUT2D eigenvalue weighted by molar-refractivity contribution is 0.669. The van der Waals surface area contributed by atoms with Crippen molar-refractivity contribution in [3.63, 3.8) is 0 Å². The number of rotatable bonds is 7. The van der Waals surface area contributed by atoms with Gasteiger partial charge in [0.05, 0.1) is 11.4 Å². The minimum atomic E-state index is 0.867. The van der Waals surface area contributed by atoms with Crippen molar-refractivity contribution in [3.8, 4) is 44.5 Å². The molecule has 65 heavy (non-hydrogen) atoms. The number of hydrogen-bond donors (Lipinski definition) is 0. The second-order valence-corrected chi connectivity index (χ2v) is 16.7. The summed E-state index contributed by atoms with van der Waals surface area (Å²) in [5.74, 6) is 0. The summed E-state index contributed by atoms with van der Waals surface area (Å²) in [6.45, 7) is 0. The lowest BCUT2D eigenvalue weighted by Crippen LogP contribution is -2.13. The zero-order valence-corrected chi connectivity index (χ0v) is 35.3. The summed E-state index contributed by atoms with van der Waals surface area (Å²) in [4.78, 5) is 2.49. The van der Waals surface area contributed by atoms with Gasteiger partial charge in [0, 0.05) is 54.9 Å². The first kappa shape index (κ1) is 36.9. The maximum Gasteiger partial charge on any atom is 0.143 e. The summed E-state index contributed by atoms with van der Waals surface area (Å²) < 4.78 is 13.4. The smallest absolute Gasteiger partial charge is 0.143 e. The van der Waals surface area contributed by atoms with E-state index in [1.807, 2.05) is 12.1 Å². The van der Waals surface area contributed by atoms with Crippen LogP contribution in [0.2, 0.25) is 0 Å². The van der Waals surface area contributed by atoms with E-state index in [4.69, 9.17) is 8.83 Å². The third-order valence-corrected chi connectivity index (χ3v) is 13.1. The normalized spacial score (nSPS) is 11.7. The van der Waals surface area contributed by atoms with Crippen LogP contribution in [0.4, 0.5) is 17.1 Å². The number of para-hydroxylation sites is 5. The van der Waals surface area contributed by atoms with Gasteiger partial charge < -0.3 is 13.7 Å². The molecule has 0 amide bonds. The molecule has 13 rings (SSSR count). The van der Waals surface area contributed by atoms with E-state index < -0.39 is 0 Å². The molecule has 0 saturated heterocycles. The zero-order chi connectivity index (χ0) is 42.8. The second-order valence-electron chi connectivity index (χ2n) is 16.7. The summed E-state index contributed by atoms with van der Waals surface area (Å²) in [7, 11) is 0. The van der Waals surface area contributed by atoms with Crippen molar-refractivity contribution in [1.29, 1.82) is 0 Å². The zero-order valence-electron chi connectivity index (χ0n) is 35.3. The van der Waals surface area contributed by atoms with Gasteiger partial charge in [-0.1, -0.05) is 206 Å². The molecule has 0 fully saturated rings. The molecule has 11 aromatic carbocycles. The highest BCUT2D eigenvalue weighted by Crippen LogP contribution is 2.52. The van der Waals surface area contributed by atoms with E-state index in [9.17, 15) is 0 Å².